The minimum atomic E-state index is -0.0686. The first kappa shape index (κ1) is 18.5. The van der Waals surface area contributed by atoms with Crippen molar-refractivity contribution in [3.05, 3.63) is 29.8 Å². The van der Waals surface area contributed by atoms with Crippen LogP contribution in [0.15, 0.2) is 24.3 Å². The average molecular weight is 359 g/mol. The van der Waals surface area contributed by atoms with E-state index in [1.165, 1.54) is 0 Å². The minimum Gasteiger partial charge on any atom is -0.491 e. The molecule has 1 saturated heterocycles. The van der Waals surface area contributed by atoms with Crippen LogP contribution < -0.4 is 10.1 Å². The van der Waals surface area contributed by atoms with E-state index in [0.717, 1.165) is 37.1 Å². The molecule has 26 heavy (non-hydrogen) atoms. The predicted molar refractivity (Wildman–Crippen MR) is 99.9 cm³/mol. The molecule has 1 aromatic carbocycles. The van der Waals surface area contributed by atoms with Gasteiger partial charge in [-0.05, 0) is 50.8 Å². The van der Waals surface area contributed by atoms with E-state index in [-0.39, 0.29) is 24.0 Å². The highest BCUT2D eigenvalue weighted by atomic mass is 16.5. The Bertz CT molecular complexity index is 643. The zero-order chi connectivity index (χ0) is 18.5. The highest BCUT2D eigenvalue weighted by molar-refractivity contribution is 5.81. The molecule has 0 aromatic heterocycles. The normalized spacial score (nSPS) is 17.8. The van der Waals surface area contributed by atoms with Gasteiger partial charge in [0.1, 0.15) is 5.75 Å². The largest absolute Gasteiger partial charge is 0.491 e. The summed E-state index contributed by atoms with van der Waals surface area (Å²) < 4.78 is 5.69. The molecule has 1 aliphatic carbocycles. The molecule has 2 fully saturated rings. The fraction of sp³-hybridized carbons (Fsp3) is 0.600. The van der Waals surface area contributed by atoms with Crippen LogP contribution in [0.3, 0.4) is 0 Å². The molecule has 1 aliphatic heterocycles. The minimum absolute atomic E-state index is 0.0686. The molecule has 0 bridgehead atoms. The van der Waals surface area contributed by atoms with Crippen molar-refractivity contribution in [1.29, 1.82) is 0 Å². The Kier molecular flexibility index (Phi) is 6.01. The van der Waals surface area contributed by atoms with Gasteiger partial charge in [-0.15, -0.1) is 0 Å². The summed E-state index contributed by atoms with van der Waals surface area (Å²) >= 11 is 0. The molecule has 1 heterocycles. The molecule has 1 N–H and O–H groups in total. The van der Waals surface area contributed by atoms with Crippen LogP contribution >= 0.6 is 0 Å². The van der Waals surface area contributed by atoms with Gasteiger partial charge in [0.2, 0.25) is 5.91 Å². The number of hydrogen-bond donors (Lipinski definition) is 1. The molecule has 6 nitrogen and oxygen atoms in total. The van der Waals surface area contributed by atoms with Crippen molar-refractivity contribution in [2.45, 2.75) is 45.8 Å². The van der Waals surface area contributed by atoms with Gasteiger partial charge in [-0.2, -0.15) is 0 Å². The van der Waals surface area contributed by atoms with Gasteiger partial charge in [-0.25, -0.2) is 4.79 Å². The number of carbonyl (C=O) groups is 2. The molecule has 0 spiro atoms. The van der Waals surface area contributed by atoms with Gasteiger partial charge >= 0.3 is 6.03 Å². The third-order valence-electron chi connectivity index (χ3n) is 4.74. The van der Waals surface area contributed by atoms with Crippen LogP contribution in [0.2, 0.25) is 0 Å². The quantitative estimate of drug-likeness (QED) is 0.879. The van der Waals surface area contributed by atoms with Gasteiger partial charge in [-0.3, -0.25) is 4.79 Å². The van der Waals surface area contributed by atoms with Gasteiger partial charge in [0.25, 0.3) is 0 Å². The molecule has 3 amide bonds. The number of nitrogens with one attached hydrogen (secondary N) is 1. The van der Waals surface area contributed by atoms with E-state index in [1.54, 1.807) is 0 Å². The standard InChI is InChI=1S/C20H29N3O3/c1-15(2)26-18-6-3-5-16(13-18)14-21-20(25)23-10-4-9-22(11-12-23)19(24)17-7-8-17/h3,5-6,13,15,17H,4,7-12,14H2,1-2H3,(H,21,25). The Morgan fingerprint density at radius 2 is 1.88 bits per heavy atom. The number of ether oxygens (including phenoxy) is 1. The number of rotatable bonds is 5. The lowest BCUT2D eigenvalue weighted by molar-refractivity contribution is -0.132. The van der Waals surface area contributed by atoms with Crippen molar-refractivity contribution in [3.8, 4) is 5.75 Å². The lowest BCUT2D eigenvalue weighted by Gasteiger charge is -2.22. The maximum absolute atomic E-state index is 12.5. The molecular weight excluding hydrogens is 330 g/mol. The van der Waals surface area contributed by atoms with Crippen molar-refractivity contribution >= 4 is 11.9 Å². The second-order valence-corrected chi connectivity index (χ2v) is 7.41. The Morgan fingerprint density at radius 3 is 2.62 bits per heavy atom. The molecule has 1 saturated carbocycles. The van der Waals surface area contributed by atoms with Crippen LogP contribution in [-0.2, 0) is 11.3 Å². The first-order valence-corrected chi connectivity index (χ1v) is 9.60. The Balaban J connectivity index is 1.48. The van der Waals surface area contributed by atoms with E-state index in [1.807, 2.05) is 47.9 Å². The fourth-order valence-corrected chi connectivity index (χ4v) is 3.22. The zero-order valence-electron chi connectivity index (χ0n) is 15.7. The van der Waals surface area contributed by atoms with E-state index in [0.29, 0.717) is 26.2 Å². The summed E-state index contributed by atoms with van der Waals surface area (Å²) in [5, 5.41) is 2.98. The van der Waals surface area contributed by atoms with E-state index in [9.17, 15) is 9.59 Å². The summed E-state index contributed by atoms with van der Waals surface area (Å²) in [5.74, 6) is 1.33. The maximum atomic E-state index is 12.5. The molecule has 2 aliphatic rings. The summed E-state index contributed by atoms with van der Waals surface area (Å²) in [6.45, 7) is 7.14. The highest BCUT2D eigenvalue weighted by Gasteiger charge is 2.34. The van der Waals surface area contributed by atoms with Crippen LogP contribution in [0.1, 0.15) is 38.7 Å². The molecule has 1 aromatic rings. The summed E-state index contributed by atoms with van der Waals surface area (Å²) in [6, 6.07) is 7.73. The third-order valence-corrected chi connectivity index (χ3v) is 4.74. The summed E-state index contributed by atoms with van der Waals surface area (Å²) in [7, 11) is 0. The molecule has 0 atom stereocenters. The van der Waals surface area contributed by atoms with Crippen LogP contribution in [0, 0.1) is 5.92 Å². The molecular formula is C20H29N3O3. The number of urea groups is 1. The lowest BCUT2D eigenvalue weighted by atomic mass is 10.2. The average Bonchev–Trinajstić information content (AvgIpc) is 3.45. The van der Waals surface area contributed by atoms with Crippen molar-refractivity contribution in [1.82, 2.24) is 15.1 Å². The monoisotopic (exact) mass is 359 g/mol. The summed E-state index contributed by atoms with van der Waals surface area (Å²) in [6.07, 6.45) is 3.01. The van der Waals surface area contributed by atoms with Gasteiger partial charge in [0.15, 0.2) is 0 Å². The van der Waals surface area contributed by atoms with Crippen LogP contribution in [0.5, 0.6) is 5.75 Å². The smallest absolute Gasteiger partial charge is 0.317 e. The molecule has 0 unspecified atom stereocenters. The third kappa shape index (κ3) is 5.13. The molecule has 0 radical (unpaired) electrons. The maximum Gasteiger partial charge on any atom is 0.317 e. The lowest BCUT2D eigenvalue weighted by Crippen LogP contribution is -2.42. The second-order valence-electron chi connectivity index (χ2n) is 7.41. The van der Waals surface area contributed by atoms with Gasteiger partial charge in [0, 0.05) is 38.6 Å². The highest BCUT2D eigenvalue weighted by Crippen LogP contribution is 2.31. The zero-order valence-corrected chi connectivity index (χ0v) is 15.7. The number of benzene rings is 1. The topological polar surface area (TPSA) is 61.9 Å². The Labute approximate surface area is 155 Å². The Hall–Kier alpha value is -2.24. The number of nitrogens with zero attached hydrogens (tertiary/aromatic N) is 2. The van der Waals surface area contributed by atoms with Crippen molar-refractivity contribution in [3.63, 3.8) is 0 Å². The summed E-state index contributed by atoms with van der Waals surface area (Å²) in [4.78, 5) is 28.4. The van der Waals surface area contributed by atoms with E-state index in [2.05, 4.69) is 5.32 Å². The first-order chi connectivity index (χ1) is 12.5. The number of hydrogen-bond acceptors (Lipinski definition) is 3. The van der Waals surface area contributed by atoms with E-state index >= 15 is 0 Å². The molecule has 3 rings (SSSR count). The predicted octanol–water partition coefficient (Wildman–Crippen LogP) is 2.63. The van der Waals surface area contributed by atoms with Crippen molar-refractivity contribution in [2.24, 2.45) is 5.92 Å². The van der Waals surface area contributed by atoms with Crippen LogP contribution in [0.25, 0.3) is 0 Å². The van der Waals surface area contributed by atoms with Gasteiger partial charge < -0.3 is 19.9 Å². The fourth-order valence-electron chi connectivity index (χ4n) is 3.22. The van der Waals surface area contributed by atoms with Crippen LogP contribution in [-0.4, -0.2) is 54.0 Å². The van der Waals surface area contributed by atoms with Gasteiger partial charge in [0.05, 0.1) is 6.10 Å². The van der Waals surface area contributed by atoms with E-state index in [4.69, 9.17) is 4.74 Å². The Morgan fingerprint density at radius 1 is 1.15 bits per heavy atom. The SMILES string of the molecule is CC(C)Oc1cccc(CNC(=O)N2CCCN(C(=O)C3CC3)CC2)c1. The first-order valence-electron chi connectivity index (χ1n) is 9.60. The van der Waals surface area contributed by atoms with Crippen molar-refractivity contribution < 1.29 is 14.3 Å². The number of carbonyl (C=O) groups excluding carboxylic acids is 2. The van der Waals surface area contributed by atoms with Crippen LogP contribution in [0.4, 0.5) is 4.79 Å². The second kappa shape index (κ2) is 8.43. The van der Waals surface area contributed by atoms with E-state index < -0.39 is 0 Å². The van der Waals surface area contributed by atoms with Gasteiger partial charge in [-0.1, -0.05) is 12.1 Å². The molecule has 142 valence electrons. The number of amides is 3. The summed E-state index contributed by atoms with van der Waals surface area (Å²) in [5.41, 5.74) is 1.01. The molecule has 6 heteroatoms. The van der Waals surface area contributed by atoms with Crippen molar-refractivity contribution in [2.75, 3.05) is 26.2 Å².